The average Bonchev–Trinajstić information content (AvgIpc) is 2.39. The zero-order valence-electron chi connectivity index (χ0n) is 10.1. The third kappa shape index (κ3) is 2.97. The molecular formula is C15H14INO. The first-order valence-corrected chi connectivity index (χ1v) is 6.81. The van der Waals surface area contributed by atoms with Gasteiger partial charge in [0.2, 0.25) is 0 Å². The number of hydrogen-bond donors (Lipinski definition) is 1. The van der Waals surface area contributed by atoms with Gasteiger partial charge in [0.15, 0.2) is 5.78 Å². The Kier molecular flexibility index (Phi) is 4.14. The lowest BCUT2D eigenvalue weighted by Crippen LogP contribution is -2.06. The van der Waals surface area contributed by atoms with Gasteiger partial charge in [-0.1, -0.05) is 24.3 Å². The lowest BCUT2D eigenvalue weighted by Gasteiger charge is -2.06. The maximum atomic E-state index is 12.2. The molecule has 2 rings (SSSR count). The molecule has 0 spiro atoms. The molecule has 0 fully saturated rings. The maximum Gasteiger partial charge on any atom is 0.193 e. The highest BCUT2D eigenvalue weighted by molar-refractivity contribution is 14.1. The number of nitrogens with two attached hydrogens (primary N) is 1. The zero-order chi connectivity index (χ0) is 13.1. The molecule has 0 unspecified atom stereocenters. The summed E-state index contributed by atoms with van der Waals surface area (Å²) in [5.74, 6) is 0.0441. The molecule has 0 bridgehead atoms. The minimum absolute atomic E-state index is 0.00699. The summed E-state index contributed by atoms with van der Waals surface area (Å²) in [6.07, 6.45) is 0. The third-order valence-corrected chi connectivity index (χ3v) is 3.52. The topological polar surface area (TPSA) is 43.1 Å². The predicted molar refractivity (Wildman–Crippen MR) is 81.6 cm³/mol. The van der Waals surface area contributed by atoms with E-state index in [0.29, 0.717) is 11.1 Å². The number of halogens is 1. The van der Waals surface area contributed by atoms with Crippen molar-refractivity contribution in [3.05, 3.63) is 68.8 Å². The molecular weight excluding hydrogens is 337 g/mol. The van der Waals surface area contributed by atoms with Crippen LogP contribution < -0.4 is 5.73 Å². The molecule has 0 heterocycles. The van der Waals surface area contributed by atoms with Gasteiger partial charge in [0.25, 0.3) is 0 Å². The fourth-order valence-corrected chi connectivity index (χ4v) is 2.07. The van der Waals surface area contributed by atoms with Gasteiger partial charge in [0, 0.05) is 20.7 Å². The Hall–Kier alpha value is -1.20. The van der Waals surface area contributed by atoms with Crippen LogP contribution in [0.3, 0.4) is 0 Å². The summed E-state index contributed by atoms with van der Waals surface area (Å²) in [6, 6.07) is 15.0. The van der Waals surface area contributed by atoms with E-state index in [-0.39, 0.29) is 11.8 Å². The Morgan fingerprint density at radius 1 is 1.00 bits per heavy atom. The Morgan fingerprint density at radius 2 is 1.44 bits per heavy atom. The third-order valence-electron chi connectivity index (χ3n) is 2.81. The summed E-state index contributed by atoms with van der Waals surface area (Å²) in [5, 5.41) is 0. The molecule has 18 heavy (non-hydrogen) atoms. The Balaban J connectivity index is 2.26. The Morgan fingerprint density at radius 3 is 1.89 bits per heavy atom. The number of ketones is 1. The SMILES string of the molecule is C[C@H](N)c1ccc(C(=O)c2ccc(I)cc2)cc1. The molecule has 0 saturated heterocycles. The second kappa shape index (κ2) is 5.63. The number of benzene rings is 2. The van der Waals surface area contributed by atoms with E-state index in [9.17, 15) is 4.79 Å². The van der Waals surface area contributed by atoms with Crippen LogP contribution in [0.15, 0.2) is 48.5 Å². The molecule has 1 atom stereocenters. The smallest absolute Gasteiger partial charge is 0.193 e. The van der Waals surface area contributed by atoms with Gasteiger partial charge < -0.3 is 5.73 Å². The molecule has 3 heteroatoms. The fraction of sp³-hybridized carbons (Fsp3) is 0.133. The van der Waals surface area contributed by atoms with Crippen LogP contribution in [0.4, 0.5) is 0 Å². The van der Waals surface area contributed by atoms with Gasteiger partial charge in [-0.05, 0) is 59.3 Å². The van der Waals surface area contributed by atoms with E-state index in [0.717, 1.165) is 9.13 Å². The molecule has 2 aromatic carbocycles. The number of rotatable bonds is 3. The summed E-state index contributed by atoms with van der Waals surface area (Å²) in [5.41, 5.74) is 8.23. The molecule has 0 aliphatic rings. The second-order valence-corrected chi connectivity index (χ2v) is 5.49. The maximum absolute atomic E-state index is 12.2. The summed E-state index contributed by atoms with van der Waals surface area (Å²) in [6.45, 7) is 1.93. The van der Waals surface area contributed by atoms with Crippen molar-refractivity contribution < 1.29 is 4.79 Å². The van der Waals surface area contributed by atoms with E-state index in [1.165, 1.54) is 0 Å². The first-order chi connectivity index (χ1) is 8.58. The predicted octanol–water partition coefficient (Wildman–Crippen LogP) is 3.54. The van der Waals surface area contributed by atoms with E-state index in [1.54, 1.807) is 0 Å². The van der Waals surface area contributed by atoms with E-state index in [4.69, 9.17) is 5.73 Å². The molecule has 0 amide bonds. The molecule has 0 saturated carbocycles. The number of carbonyl (C=O) groups excluding carboxylic acids is 1. The van der Waals surface area contributed by atoms with Crippen LogP contribution in [0.1, 0.15) is 34.5 Å². The van der Waals surface area contributed by atoms with Crippen molar-refractivity contribution in [1.82, 2.24) is 0 Å². The summed E-state index contributed by atoms with van der Waals surface area (Å²) in [4.78, 5) is 12.2. The van der Waals surface area contributed by atoms with Crippen LogP contribution >= 0.6 is 22.6 Å². The minimum Gasteiger partial charge on any atom is -0.324 e. The van der Waals surface area contributed by atoms with Crippen molar-refractivity contribution in [3.8, 4) is 0 Å². The highest BCUT2D eigenvalue weighted by Gasteiger charge is 2.09. The van der Waals surface area contributed by atoms with Crippen molar-refractivity contribution in [1.29, 1.82) is 0 Å². The molecule has 2 N–H and O–H groups in total. The normalized spacial score (nSPS) is 12.2. The van der Waals surface area contributed by atoms with Crippen molar-refractivity contribution >= 4 is 28.4 Å². The quantitative estimate of drug-likeness (QED) is 0.679. The van der Waals surface area contributed by atoms with Gasteiger partial charge in [0.1, 0.15) is 0 Å². The molecule has 0 aliphatic heterocycles. The molecule has 92 valence electrons. The Bertz CT molecular complexity index is 544. The highest BCUT2D eigenvalue weighted by atomic mass is 127. The largest absolute Gasteiger partial charge is 0.324 e. The van der Waals surface area contributed by atoms with Gasteiger partial charge in [-0.2, -0.15) is 0 Å². The number of carbonyl (C=O) groups is 1. The first-order valence-electron chi connectivity index (χ1n) is 5.74. The van der Waals surface area contributed by atoms with Crippen LogP contribution in [0, 0.1) is 3.57 Å². The average molecular weight is 351 g/mol. The summed E-state index contributed by atoms with van der Waals surface area (Å²) in [7, 11) is 0. The van der Waals surface area contributed by atoms with Crippen LogP contribution in [-0.4, -0.2) is 5.78 Å². The molecule has 0 radical (unpaired) electrons. The van der Waals surface area contributed by atoms with Crippen molar-refractivity contribution in [2.45, 2.75) is 13.0 Å². The van der Waals surface area contributed by atoms with Gasteiger partial charge in [-0.3, -0.25) is 4.79 Å². The van der Waals surface area contributed by atoms with Crippen molar-refractivity contribution in [2.75, 3.05) is 0 Å². The van der Waals surface area contributed by atoms with Gasteiger partial charge in [0.05, 0.1) is 0 Å². The van der Waals surface area contributed by atoms with Gasteiger partial charge in [-0.25, -0.2) is 0 Å². The standard InChI is InChI=1S/C15H14INO/c1-10(17)11-2-4-12(5-3-11)15(18)13-6-8-14(16)9-7-13/h2-10H,17H2,1H3/t10-/m0/s1. The number of hydrogen-bond acceptors (Lipinski definition) is 2. The van der Waals surface area contributed by atoms with E-state index in [1.807, 2.05) is 55.5 Å². The van der Waals surface area contributed by atoms with E-state index in [2.05, 4.69) is 22.6 Å². The molecule has 0 aliphatic carbocycles. The first kappa shape index (κ1) is 13.2. The molecule has 2 nitrogen and oxygen atoms in total. The van der Waals surface area contributed by atoms with Crippen LogP contribution in [0.25, 0.3) is 0 Å². The van der Waals surface area contributed by atoms with Gasteiger partial charge >= 0.3 is 0 Å². The lowest BCUT2D eigenvalue weighted by molar-refractivity contribution is 0.103. The fourth-order valence-electron chi connectivity index (χ4n) is 1.71. The van der Waals surface area contributed by atoms with E-state index >= 15 is 0 Å². The van der Waals surface area contributed by atoms with Gasteiger partial charge in [-0.15, -0.1) is 0 Å². The van der Waals surface area contributed by atoms with Crippen LogP contribution in [0.2, 0.25) is 0 Å². The zero-order valence-corrected chi connectivity index (χ0v) is 12.2. The van der Waals surface area contributed by atoms with Crippen molar-refractivity contribution in [3.63, 3.8) is 0 Å². The Labute approximate surface area is 120 Å². The summed E-state index contributed by atoms with van der Waals surface area (Å²) < 4.78 is 1.12. The molecule has 0 aromatic heterocycles. The van der Waals surface area contributed by atoms with Crippen molar-refractivity contribution in [2.24, 2.45) is 5.73 Å². The van der Waals surface area contributed by atoms with Crippen LogP contribution in [0.5, 0.6) is 0 Å². The van der Waals surface area contributed by atoms with E-state index < -0.39 is 0 Å². The van der Waals surface area contributed by atoms with Crippen LogP contribution in [-0.2, 0) is 0 Å². The minimum atomic E-state index is -0.00699. The second-order valence-electron chi connectivity index (χ2n) is 4.25. The lowest BCUT2D eigenvalue weighted by atomic mass is 10.0. The monoisotopic (exact) mass is 351 g/mol. The summed E-state index contributed by atoms with van der Waals surface area (Å²) >= 11 is 2.22. The highest BCUT2D eigenvalue weighted by Crippen LogP contribution is 2.15. The molecule has 2 aromatic rings.